The third-order valence-electron chi connectivity index (χ3n) is 5.86. The van der Waals surface area contributed by atoms with Gasteiger partial charge in [-0.2, -0.15) is 5.10 Å². The summed E-state index contributed by atoms with van der Waals surface area (Å²) in [5, 5.41) is 15.3. The molecule has 2 aromatic heterocycles. The van der Waals surface area contributed by atoms with E-state index in [2.05, 4.69) is 15.1 Å². The smallest absolute Gasteiger partial charge is 0.231 e. The van der Waals surface area contributed by atoms with Crippen LogP contribution < -0.4 is 10.6 Å². The van der Waals surface area contributed by atoms with E-state index < -0.39 is 6.23 Å². The molecule has 5 rings (SSSR count). The summed E-state index contributed by atoms with van der Waals surface area (Å²) in [7, 11) is 0. The van der Waals surface area contributed by atoms with Crippen molar-refractivity contribution >= 4 is 28.4 Å². The number of carbonyl (C=O) groups excluding carboxylic acids is 1. The average Bonchev–Trinajstić information content (AvgIpc) is 3.36. The normalized spacial score (nSPS) is 14.0. The molecule has 3 N–H and O–H groups in total. The summed E-state index contributed by atoms with van der Waals surface area (Å²) in [5.41, 5.74) is 12.2. The molecular weight excluding hydrogens is 404 g/mol. The summed E-state index contributed by atoms with van der Waals surface area (Å²) in [5.74, 6) is 0.399. The summed E-state index contributed by atoms with van der Waals surface area (Å²) in [6.07, 6.45) is 1.65. The van der Waals surface area contributed by atoms with Crippen LogP contribution in [0.3, 0.4) is 0 Å². The van der Waals surface area contributed by atoms with E-state index in [1.165, 1.54) is 11.0 Å². The predicted molar refractivity (Wildman–Crippen MR) is 123 cm³/mol. The van der Waals surface area contributed by atoms with Crippen LogP contribution in [0.1, 0.15) is 29.8 Å². The van der Waals surface area contributed by atoms with Crippen LogP contribution in [0.2, 0.25) is 0 Å². The SMILES string of the molecule is Cc1cccc(CC(=O)N2CCc3cc(-c4nn(C(C)O)c5ncnc(N)c45)ccc32)c1. The molecule has 2 aromatic carbocycles. The molecule has 32 heavy (non-hydrogen) atoms. The van der Waals surface area contributed by atoms with E-state index in [4.69, 9.17) is 5.73 Å². The first kappa shape index (κ1) is 20.1. The lowest BCUT2D eigenvalue weighted by molar-refractivity contribution is -0.117. The fourth-order valence-electron chi connectivity index (χ4n) is 4.36. The number of carbonyl (C=O) groups is 1. The summed E-state index contributed by atoms with van der Waals surface area (Å²) < 4.78 is 1.44. The monoisotopic (exact) mass is 428 g/mol. The molecule has 0 radical (unpaired) electrons. The molecule has 1 amide bonds. The molecule has 0 bridgehead atoms. The van der Waals surface area contributed by atoms with Gasteiger partial charge in [-0.3, -0.25) is 4.79 Å². The topological polar surface area (TPSA) is 110 Å². The van der Waals surface area contributed by atoms with Gasteiger partial charge in [-0.25, -0.2) is 14.6 Å². The lowest BCUT2D eigenvalue weighted by Crippen LogP contribution is -2.30. The molecule has 0 fully saturated rings. The number of aromatic nitrogens is 4. The van der Waals surface area contributed by atoms with Crippen molar-refractivity contribution in [3.8, 4) is 11.3 Å². The number of nitrogens with two attached hydrogens (primary N) is 1. The Morgan fingerprint density at radius 1 is 1.22 bits per heavy atom. The minimum absolute atomic E-state index is 0.0866. The largest absolute Gasteiger partial charge is 0.383 e. The van der Waals surface area contributed by atoms with Gasteiger partial charge in [0.15, 0.2) is 5.65 Å². The molecule has 0 saturated carbocycles. The molecule has 1 unspecified atom stereocenters. The molecule has 0 saturated heterocycles. The van der Waals surface area contributed by atoms with E-state index >= 15 is 0 Å². The number of nitrogens with zero attached hydrogens (tertiary/aromatic N) is 5. The van der Waals surface area contributed by atoms with Crippen LogP contribution in [0, 0.1) is 6.92 Å². The Hall–Kier alpha value is -3.78. The zero-order valence-electron chi connectivity index (χ0n) is 18.0. The molecule has 1 aliphatic rings. The van der Waals surface area contributed by atoms with Crippen LogP contribution in [0.4, 0.5) is 11.5 Å². The van der Waals surface area contributed by atoms with Gasteiger partial charge in [0.05, 0.1) is 11.8 Å². The van der Waals surface area contributed by atoms with E-state index in [0.717, 1.165) is 34.4 Å². The van der Waals surface area contributed by atoms with Crippen molar-refractivity contribution in [2.24, 2.45) is 0 Å². The molecular formula is C24H24N6O2. The van der Waals surface area contributed by atoms with Crippen LogP contribution in [-0.4, -0.2) is 37.3 Å². The second-order valence-corrected chi connectivity index (χ2v) is 8.19. The summed E-state index contributed by atoms with van der Waals surface area (Å²) in [6, 6.07) is 14.0. The second kappa shape index (κ2) is 7.72. The summed E-state index contributed by atoms with van der Waals surface area (Å²) in [6.45, 7) is 4.30. The van der Waals surface area contributed by atoms with Crippen LogP contribution >= 0.6 is 0 Å². The van der Waals surface area contributed by atoms with Crippen LogP contribution in [0.25, 0.3) is 22.3 Å². The van der Waals surface area contributed by atoms with Crippen LogP contribution in [-0.2, 0) is 17.6 Å². The van der Waals surface area contributed by atoms with E-state index in [1.54, 1.807) is 6.92 Å². The Morgan fingerprint density at radius 2 is 2.06 bits per heavy atom. The maximum atomic E-state index is 13.0. The molecule has 0 aliphatic carbocycles. The highest BCUT2D eigenvalue weighted by Crippen LogP contribution is 2.36. The van der Waals surface area contributed by atoms with Crippen molar-refractivity contribution in [3.05, 3.63) is 65.5 Å². The number of amides is 1. The standard InChI is InChI=1S/C24H24N6O2/c1-14-4-3-5-16(10-14)11-20(32)29-9-8-17-12-18(6-7-19(17)29)22-21-23(25)26-13-27-24(21)30(28-22)15(2)31/h3-7,10,12-13,15,31H,8-9,11H2,1-2H3,(H2,25,26,27). The molecule has 8 nitrogen and oxygen atoms in total. The number of nitrogen functional groups attached to an aromatic ring is 1. The van der Waals surface area contributed by atoms with Crippen molar-refractivity contribution in [2.45, 2.75) is 32.9 Å². The quantitative estimate of drug-likeness (QED) is 0.517. The number of fused-ring (bicyclic) bond motifs is 2. The van der Waals surface area contributed by atoms with E-state index in [0.29, 0.717) is 35.5 Å². The minimum Gasteiger partial charge on any atom is -0.383 e. The van der Waals surface area contributed by atoms with Gasteiger partial charge >= 0.3 is 0 Å². The van der Waals surface area contributed by atoms with E-state index in [1.807, 2.05) is 54.3 Å². The van der Waals surface area contributed by atoms with E-state index in [9.17, 15) is 9.90 Å². The highest BCUT2D eigenvalue weighted by molar-refractivity contribution is 6.00. The lowest BCUT2D eigenvalue weighted by Gasteiger charge is -2.18. The number of benzene rings is 2. The Balaban J connectivity index is 1.49. The Labute approximate surface area is 185 Å². The molecule has 1 aliphatic heterocycles. The fraction of sp³-hybridized carbons (Fsp3) is 0.250. The van der Waals surface area contributed by atoms with Gasteiger partial charge in [-0.15, -0.1) is 0 Å². The Bertz CT molecular complexity index is 1340. The van der Waals surface area contributed by atoms with Crippen molar-refractivity contribution in [2.75, 3.05) is 17.2 Å². The average molecular weight is 428 g/mol. The molecule has 162 valence electrons. The van der Waals surface area contributed by atoms with Gasteiger partial charge in [-0.1, -0.05) is 35.9 Å². The zero-order valence-corrected chi connectivity index (χ0v) is 18.0. The lowest BCUT2D eigenvalue weighted by atomic mass is 10.0. The maximum Gasteiger partial charge on any atom is 0.231 e. The maximum absolute atomic E-state index is 13.0. The van der Waals surface area contributed by atoms with Gasteiger partial charge in [-0.05, 0) is 43.5 Å². The molecule has 8 heteroatoms. The summed E-state index contributed by atoms with van der Waals surface area (Å²) in [4.78, 5) is 23.2. The number of aryl methyl sites for hydroxylation is 1. The van der Waals surface area contributed by atoms with Crippen molar-refractivity contribution in [1.29, 1.82) is 0 Å². The number of anilines is 2. The first-order chi connectivity index (χ1) is 15.4. The molecule has 0 spiro atoms. The van der Waals surface area contributed by atoms with Gasteiger partial charge in [0.25, 0.3) is 0 Å². The molecule has 3 heterocycles. The van der Waals surface area contributed by atoms with Gasteiger partial charge < -0.3 is 15.7 Å². The van der Waals surface area contributed by atoms with Crippen LogP contribution in [0.5, 0.6) is 0 Å². The third kappa shape index (κ3) is 3.38. The zero-order chi connectivity index (χ0) is 22.4. The number of aliphatic hydroxyl groups is 1. The highest BCUT2D eigenvalue weighted by atomic mass is 16.3. The predicted octanol–water partition coefficient (Wildman–Crippen LogP) is 3.03. The first-order valence-electron chi connectivity index (χ1n) is 10.6. The van der Waals surface area contributed by atoms with Gasteiger partial charge in [0, 0.05) is 17.8 Å². The Morgan fingerprint density at radius 3 is 2.84 bits per heavy atom. The van der Waals surface area contributed by atoms with Gasteiger partial charge in [0.2, 0.25) is 5.91 Å². The summed E-state index contributed by atoms with van der Waals surface area (Å²) >= 11 is 0. The van der Waals surface area contributed by atoms with Crippen molar-refractivity contribution in [1.82, 2.24) is 19.7 Å². The second-order valence-electron chi connectivity index (χ2n) is 8.19. The number of rotatable bonds is 4. The number of hydrogen-bond acceptors (Lipinski definition) is 6. The number of hydrogen-bond donors (Lipinski definition) is 2. The fourth-order valence-corrected chi connectivity index (χ4v) is 4.36. The molecule has 1 atom stereocenters. The van der Waals surface area contributed by atoms with E-state index in [-0.39, 0.29) is 5.91 Å². The minimum atomic E-state index is -0.857. The first-order valence-corrected chi connectivity index (χ1v) is 10.6. The number of aliphatic hydroxyl groups excluding tert-OH is 1. The third-order valence-corrected chi connectivity index (χ3v) is 5.86. The highest BCUT2D eigenvalue weighted by Gasteiger charge is 2.26. The van der Waals surface area contributed by atoms with Crippen molar-refractivity contribution < 1.29 is 9.90 Å². The van der Waals surface area contributed by atoms with Crippen molar-refractivity contribution in [3.63, 3.8) is 0 Å². The Kier molecular flexibility index (Phi) is 4.86. The molecule has 4 aromatic rings. The van der Waals surface area contributed by atoms with Gasteiger partial charge in [0.1, 0.15) is 24.1 Å². The van der Waals surface area contributed by atoms with Crippen LogP contribution in [0.15, 0.2) is 48.8 Å².